The molecule has 2 rings (SSSR count). The van der Waals surface area contributed by atoms with Crippen LogP contribution in [0.25, 0.3) is 0 Å². The second kappa shape index (κ2) is 6.29. The molecule has 0 bridgehead atoms. The number of carboxylic acids is 1. The smallest absolute Gasteiger partial charge is 0.304 e. The number of benzene rings is 1. The molecule has 0 aromatic heterocycles. The minimum atomic E-state index is -0.788. The molecule has 0 atom stereocenters. The molecule has 1 heterocycles. The van der Waals surface area contributed by atoms with Crippen molar-refractivity contribution in [1.82, 2.24) is 4.90 Å². The third-order valence-corrected chi connectivity index (χ3v) is 2.79. The zero-order valence-corrected chi connectivity index (χ0v) is 10.8. The number of hydrogen-bond donors (Lipinski definition) is 1. The summed E-state index contributed by atoms with van der Waals surface area (Å²) in [5.74, 6) is 1.35. The molecule has 6 nitrogen and oxygen atoms in total. The molecule has 0 saturated heterocycles. The molecule has 0 amide bonds. The van der Waals surface area contributed by atoms with E-state index in [2.05, 4.69) is 0 Å². The van der Waals surface area contributed by atoms with Crippen molar-refractivity contribution in [2.24, 2.45) is 0 Å². The Morgan fingerprint density at radius 1 is 1.37 bits per heavy atom. The van der Waals surface area contributed by atoms with Crippen LogP contribution in [0.1, 0.15) is 6.42 Å². The number of fused-ring (bicyclic) bond motifs is 1. The molecule has 1 aromatic rings. The molecule has 104 valence electrons. The van der Waals surface area contributed by atoms with Gasteiger partial charge in [-0.05, 0) is 19.2 Å². The molecule has 1 aliphatic heterocycles. The molecule has 0 radical (unpaired) electrons. The van der Waals surface area contributed by atoms with Gasteiger partial charge in [-0.1, -0.05) is 0 Å². The number of aliphatic carboxylic acids is 1. The summed E-state index contributed by atoms with van der Waals surface area (Å²) in [7, 11) is 1.87. The van der Waals surface area contributed by atoms with Gasteiger partial charge in [0.15, 0.2) is 11.5 Å². The summed E-state index contributed by atoms with van der Waals surface area (Å²) in [5.41, 5.74) is 0. The van der Waals surface area contributed by atoms with Crippen molar-refractivity contribution in [3.63, 3.8) is 0 Å². The molecule has 0 saturated carbocycles. The maximum atomic E-state index is 10.4. The highest BCUT2D eigenvalue weighted by molar-refractivity contribution is 5.66. The van der Waals surface area contributed by atoms with Crippen LogP contribution in [0, 0.1) is 0 Å². The first-order valence-electron chi connectivity index (χ1n) is 6.08. The van der Waals surface area contributed by atoms with Gasteiger partial charge >= 0.3 is 5.97 Å². The van der Waals surface area contributed by atoms with Crippen molar-refractivity contribution in [3.05, 3.63) is 18.2 Å². The highest BCUT2D eigenvalue weighted by Crippen LogP contribution is 2.34. The van der Waals surface area contributed by atoms with Crippen molar-refractivity contribution in [2.45, 2.75) is 6.42 Å². The van der Waals surface area contributed by atoms with Crippen LogP contribution in [-0.4, -0.2) is 49.5 Å². The maximum Gasteiger partial charge on any atom is 0.304 e. The average molecular weight is 267 g/mol. The Kier molecular flexibility index (Phi) is 4.46. The number of carbonyl (C=O) groups is 1. The van der Waals surface area contributed by atoms with Gasteiger partial charge in [-0.15, -0.1) is 0 Å². The van der Waals surface area contributed by atoms with E-state index >= 15 is 0 Å². The minimum absolute atomic E-state index is 0.139. The highest BCUT2D eigenvalue weighted by atomic mass is 16.7. The van der Waals surface area contributed by atoms with E-state index in [1.54, 1.807) is 6.07 Å². The number of likely N-dealkylation sites (N-methyl/N-ethyl adjacent to an activating group) is 1. The van der Waals surface area contributed by atoms with Crippen LogP contribution in [0.15, 0.2) is 18.2 Å². The summed E-state index contributed by atoms with van der Waals surface area (Å²) >= 11 is 0. The molecule has 0 aliphatic carbocycles. The molecule has 0 unspecified atom stereocenters. The van der Waals surface area contributed by atoms with Gasteiger partial charge in [0.05, 0.1) is 6.42 Å². The number of carboxylic acid groups (broad SMARTS) is 1. The molecule has 1 aromatic carbocycles. The monoisotopic (exact) mass is 267 g/mol. The lowest BCUT2D eigenvalue weighted by molar-refractivity contribution is -0.137. The molecule has 1 N–H and O–H groups in total. The van der Waals surface area contributed by atoms with E-state index < -0.39 is 5.97 Å². The van der Waals surface area contributed by atoms with E-state index in [1.165, 1.54) is 0 Å². The van der Waals surface area contributed by atoms with Crippen LogP contribution in [-0.2, 0) is 4.79 Å². The minimum Gasteiger partial charge on any atom is -0.492 e. The largest absolute Gasteiger partial charge is 0.492 e. The lowest BCUT2D eigenvalue weighted by atomic mass is 10.3. The quantitative estimate of drug-likeness (QED) is 0.800. The van der Waals surface area contributed by atoms with Crippen LogP contribution >= 0.6 is 0 Å². The Bertz CT molecular complexity index is 449. The number of ether oxygens (including phenoxy) is 3. The molecular formula is C13H17NO5. The van der Waals surface area contributed by atoms with Crippen LogP contribution in [0.5, 0.6) is 17.2 Å². The van der Waals surface area contributed by atoms with Crippen LogP contribution < -0.4 is 14.2 Å². The predicted octanol–water partition coefficient (Wildman–Crippen LogP) is 1.20. The average Bonchev–Trinajstić information content (AvgIpc) is 2.83. The Morgan fingerprint density at radius 2 is 2.16 bits per heavy atom. The fourth-order valence-electron chi connectivity index (χ4n) is 1.68. The molecule has 19 heavy (non-hydrogen) atoms. The first-order chi connectivity index (χ1) is 9.15. The van der Waals surface area contributed by atoms with Gasteiger partial charge < -0.3 is 24.2 Å². The lowest BCUT2D eigenvalue weighted by Gasteiger charge is -2.15. The van der Waals surface area contributed by atoms with Crippen molar-refractivity contribution >= 4 is 5.97 Å². The summed E-state index contributed by atoms with van der Waals surface area (Å²) in [6.45, 7) is 1.92. The van der Waals surface area contributed by atoms with Gasteiger partial charge in [0.1, 0.15) is 12.4 Å². The summed E-state index contributed by atoms with van der Waals surface area (Å²) in [4.78, 5) is 12.3. The number of nitrogens with zero attached hydrogens (tertiary/aromatic N) is 1. The van der Waals surface area contributed by atoms with Gasteiger partial charge in [-0.25, -0.2) is 0 Å². The number of hydrogen-bond acceptors (Lipinski definition) is 5. The fourth-order valence-corrected chi connectivity index (χ4v) is 1.68. The predicted molar refractivity (Wildman–Crippen MR) is 67.8 cm³/mol. The van der Waals surface area contributed by atoms with E-state index in [0.717, 1.165) is 11.5 Å². The van der Waals surface area contributed by atoms with E-state index in [-0.39, 0.29) is 13.2 Å². The Labute approximate surface area is 111 Å². The van der Waals surface area contributed by atoms with Crippen molar-refractivity contribution < 1.29 is 24.1 Å². The Hall–Kier alpha value is -1.95. The third-order valence-electron chi connectivity index (χ3n) is 2.79. The summed E-state index contributed by atoms with van der Waals surface area (Å²) in [6.07, 6.45) is 0.139. The van der Waals surface area contributed by atoms with Gasteiger partial charge in [-0.2, -0.15) is 0 Å². The van der Waals surface area contributed by atoms with Crippen molar-refractivity contribution in [3.8, 4) is 17.2 Å². The standard InChI is InChI=1S/C13H17NO5/c1-14(5-4-13(15)16)6-7-17-10-2-3-11-12(8-10)19-9-18-11/h2-3,8H,4-7,9H2,1H3,(H,15,16). The molecule has 6 heteroatoms. The summed E-state index contributed by atoms with van der Waals surface area (Å²) < 4.78 is 16.0. The zero-order valence-electron chi connectivity index (χ0n) is 10.8. The summed E-state index contributed by atoms with van der Waals surface area (Å²) in [6, 6.07) is 5.43. The van der Waals surface area contributed by atoms with Crippen molar-refractivity contribution in [1.29, 1.82) is 0 Å². The van der Waals surface area contributed by atoms with Gasteiger partial charge in [0, 0.05) is 19.2 Å². The molecule has 0 spiro atoms. The maximum absolute atomic E-state index is 10.4. The zero-order chi connectivity index (χ0) is 13.7. The SMILES string of the molecule is CN(CCOc1ccc2c(c1)OCO2)CCC(=O)O. The molecular weight excluding hydrogens is 250 g/mol. The number of rotatable bonds is 7. The Morgan fingerprint density at radius 3 is 2.95 bits per heavy atom. The fraction of sp³-hybridized carbons (Fsp3) is 0.462. The van der Waals surface area contributed by atoms with Gasteiger partial charge in [0.2, 0.25) is 6.79 Å². The second-order valence-electron chi connectivity index (χ2n) is 4.31. The van der Waals surface area contributed by atoms with Gasteiger partial charge in [-0.3, -0.25) is 4.79 Å². The van der Waals surface area contributed by atoms with Crippen LogP contribution in [0.4, 0.5) is 0 Å². The topological polar surface area (TPSA) is 68.2 Å². The third kappa shape index (κ3) is 4.03. The lowest BCUT2D eigenvalue weighted by Crippen LogP contribution is -2.26. The normalized spacial score (nSPS) is 12.7. The van der Waals surface area contributed by atoms with Crippen LogP contribution in [0.2, 0.25) is 0 Å². The van der Waals surface area contributed by atoms with E-state index in [9.17, 15) is 4.79 Å². The summed E-state index contributed by atoms with van der Waals surface area (Å²) in [5, 5.41) is 8.57. The highest BCUT2D eigenvalue weighted by Gasteiger charge is 2.13. The van der Waals surface area contributed by atoms with E-state index in [0.29, 0.717) is 25.4 Å². The van der Waals surface area contributed by atoms with Crippen LogP contribution in [0.3, 0.4) is 0 Å². The Balaban J connectivity index is 1.72. The van der Waals surface area contributed by atoms with Gasteiger partial charge in [0.25, 0.3) is 0 Å². The molecule has 1 aliphatic rings. The first kappa shape index (κ1) is 13.5. The van der Waals surface area contributed by atoms with E-state index in [4.69, 9.17) is 19.3 Å². The first-order valence-corrected chi connectivity index (χ1v) is 6.08. The molecule has 0 fully saturated rings. The second-order valence-corrected chi connectivity index (χ2v) is 4.31. The van der Waals surface area contributed by atoms with E-state index in [1.807, 2.05) is 24.1 Å². The van der Waals surface area contributed by atoms with Crippen molar-refractivity contribution in [2.75, 3.05) is 33.5 Å².